The lowest BCUT2D eigenvalue weighted by Gasteiger charge is -2.41. The van der Waals surface area contributed by atoms with Crippen LogP contribution >= 0.6 is 0 Å². The van der Waals surface area contributed by atoms with Gasteiger partial charge in [0.25, 0.3) is 0 Å². The zero-order valence-corrected chi connectivity index (χ0v) is 21.3. The van der Waals surface area contributed by atoms with E-state index in [0.717, 1.165) is 59.5 Å². The van der Waals surface area contributed by atoms with Gasteiger partial charge in [0.05, 0.1) is 22.7 Å². The molecule has 8 nitrogen and oxygen atoms in total. The number of pyridine rings is 1. The zero-order valence-electron chi connectivity index (χ0n) is 21.3. The van der Waals surface area contributed by atoms with Gasteiger partial charge in [0, 0.05) is 38.0 Å². The van der Waals surface area contributed by atoms with Crippen molar-refractivity contribution in [1.82, 2.24) is 14.3 Å². The number of hydrogen-bond donors (Lipinski definition) is 0. The molecule has 4 aromatic rings. The zero-order chi connectivity index (χ0) is 26.2. The van der Waals surface area contributed by atoms with Crippen LogP contribution in [-0.2, 0) is 11.3 Å². The van der Waals surface area contributed by atoms with Gasteiger partial charge in [0.2, 0.25) is 0 Å². The smallest absolute Gasteiger partial charge is 0.410 e. The lowest BCUT2D eigenvalue weighted by atomic mass is 9.85. The molecule has 0 saturated carbocycles. The fraction of sp³-hybridized carbons (Fsp3) is 0.333. The number of piperidine rings is 1. The third-order valence-corrected chi connectivity index (χ3v) is 7.85. The van der Waals surface area contributed by atoms with E-state index in [1.165, 1.54) is 0 Å². The molecule has 2 saturated heterocycles. The Hall–Kier alpha value is -4.56. The Morgan fingerprint density at radius 2 is 1.76 bits per heavy atom. The molecule has 0 N–H and O–H groups in total. The van der Waals surface area contributed by atoms with Crippen molar-refractivity contribution >= 4 is 28.6 Å². The number of ether oxygens (including phenoxy) is 1. The fourth-order valence-corrected chi connectivity index (χ4v) is 5.84. The van der Waals surface area contributed by atoms with Crippen molar-refractivity contribution in [2.45, 2.75) is 32.3 Å². The molecule has 190 valence electrons. The van der Waals surface area contributed by atoms with Crippen LogP contribution in [-0.4, -0.2) is 46.6 Å². The molecule has 2 aliphatic heterocycles. The summed E-state index contributed by atoms with van der Waals surface area (Å²) >= 11 is 0. The van der Waals surface area contributed by atoms with Gasteiger partial charge < -0.3 is 14.5 Å². The molecule has 2 fully saturated rings. The first-order valence-corrected chi connectivity index (χ1v) is 13.0. The Kier molecular flexibility index (Phi) is 6.09. The lowest BCUT2D eigenvalue weighted by Crippen LogP contribution is -2.49. The molecule has 0 spiro atoms. The topological polar surface area (TPSA) is 97.7 Å². The quantitative estimate of drug-likeness (QED) is 0.382. The first-order chi connectivity index (χ1) is 18.6. The summed E-state index contributed by atoms with van der Waals surface area (Å²) in [5, 5.41) is 19.7. The average molecular weight is 505 g/mol. The van der Waals surface area contributed by atoms with Crippen molar-refractivity contribution in [3.05, 3.63) is 76.9 Å². The van der Waals surface area contributed by atoms with Gasteiger partial charge in [-0.1, -0.05) is 42.5 Å². The fourth-order valence-electron chi connectivity index (χ4n) is 5.84. The average Bonchev–Trinajstić information content (AvgIpc) is 3.31. The van der Waals surface area contributed by atoms with Gasteiger partial charge in [-0.3, -0.25) is 4.40 Å². The maximum Gasteiger partial charge on any atom is 0.410 e. The van der Waals surface area contributed by atoms with Crippen molar-refractivity contribution in [1.29, 1.82) is 10.5 Å². The summed E-state index contributed by atoms with van der Waals surface area (Å²) in [6.07, 6.45) is 1.28. The first-order valence-electron chi connectivity index (χ1n) is 13.0. The Bertz CT molecular complexity index is 1600. The number of nitrogens with zero attached hydrogens (tertiary/aromatic N) is 6. The summed E-state index contributed by atoms with van der Waals surface area (Å²) in [7, 11) is 0. The molecular weight excluding hydrogens is 476 g/mol. The number of benzene rings is 2. The van der Waals surface area contributed by atoms with Crippen molar-refractivity contribution in [2.24, 2.45) is 5.92 Å². The molecule has 8 heteroatoms. The maximum absolute atomic E-state index is 12.7. The molecule has 2 aromatic carbocycles. The second-order valence-corrected chi connectivity index (χ2v) is 10.1. The highest BCUT2D eigenvalue weighted by Gasteiger charge is 2.38. The highest BCUT2D eigenvalue weighted by molar-refractivity contribution is 5.86. The SMILES string of the molecule is Cc1c(C2CN(C(=O)OCc3ccccc3)C2)c(C#N)c2nc3ccccc3n2c1N1CCC(C#N)CC1. The van der Waals surface area contributed by atoms with Crippen molar-refractivity contribution in [3.63, 3.8) is 0 Å². The minimum absolute atomic E-state index is 0.0223. The number of anilines is 1. The van der Waals surface area contributed by atoms with Crippen LogP contribution in [0.1, 0.15) is 41.0 Å². The summed E-state index contributed by atoms with van der Waals surface area (Å²) < 4.78 is 7.64. The molecule has 0 radical (unpaired) electrons. The molecule has 0 bridgehead atoms. The Morgan fingerprint density at radius 3 is 2.47 bits per heavy atom. The lowest BCUT2D eigenvalue weighted by molar-refractivity contribution is 0.0662. The predicted molar refractivity (Wildman–Crippen MR) is 144 cm³/mol. The van der Waals surface area contributed by atoms with E-state index in [0.29, 0.717) is 24.3 Å². The van der Waals surface area contributed by atoms with Crippen LogP contribution in [0.15, 0.2) is 54.6 Å². The molecule has 0 atom stereocenters. The third-order valence-electron chi connectivity index (χ3n) is 7.85. The summed E-state index contributed by atoms with van der Waals surface area (Å²) in [6, 6.07) is 22.4. The number of hydrogen-bond acceptors (Lipinski definition) is 6. The molecule has 4 heterocycles. The van der Waals surface area contributed by atoms with E-state index in [2.05, 4.69) is 28.4 Å². The molecule has 2 aliphatic rings. The normalized spacial score (nSPS) is 16.3. The van der Waals surface area contributed by atoms with E-state index in [9.17, 15) is 15.3 Å². The van der Waals surface area contributed by atoms with E-state index in [1.54, 1.807) is 4.90 Å². The van der Waals surface area contributed by atoms with Gasteiger partial charge in [-0.25, -0.2) is 9.78 Å². The second kappa shape index (κ2) is 9.72. The van der Waals surface area contributed by atoms with Gasteiger partial charge in [0.15, 0.2) is 5.65 Å². The number of aromatic nitrogens is 2. The predicted octanol–water partition coefficient (Wildman–Crippen LogP) is 5.14. The van der Waals surface area contributed by atoms with Crippen molar-refractivity contribution < 1.29 is 9.53 Å². The van der Waals surface area contributed by atoms with Crippen molar-refractivity contribution in [3.8, 4) is 12.1 Å². The second-order valence-electron chi connectivity index (χ2n) is 10.1. The summed E-state index contributed by atoms with van der Waals surface area (Å²) in [4.78, 5) is 21.6. The third kappa shape index (κ3) is 3.99. The number of fused-ring (bicyclic) bond motifs is 3. The Morgan fingerprint density at radius 1 is 1.05 bits per heavy atom. The first kappa shape index (κ1) is 23.8. The van der Waals surface area contributed by atoms with Crippen LogP contribution in [0.3, 0.4) is 0 Å². The highest BCUT2D eigenvalue weighted by Crippen LogP contribution is 2.40. The Labute approximate surface area is 221 Å². The number of rotatable bonds is 4. The van der Waals surface area contributed by atoms with Gasteiger partial charge in [-0.2, -0.15) is 10.5 Å². The van der Waals surface area contributed by atoms with Crippen LogP contribution in [0.2, 0.25) is 0 Å². The van der Waals surface area contributed by atoms with E-state index in [1.807, 2.05) is 54.6 Å². The largest absolute Gasteiger partial charge is 0.445 e. The molecule has 1 amide bonds. The van der Waals surface area contributed by atoms with Crippen LogP contribution in [0.25, 0.3) is 16.7 Å². The maximum atomic E-state index is 12.7. The summed E-state index contributed by atoms with van der Waals surface area (Å²) in [5.74, 6) is 1.12. The molecule has 0 unspecified atom stereocenters. The number of para-hydroxylation sites is 2. The molecule has 0 aliphatic carbocycles. The van der Waals surface area contributed by atoms with Gasteiger partial charge in [-0.15, -0.1) is 0 Å². The van der Waals surface area contributed by atoms with E-state index >= 15 is 0 Å². The Balaban J connectivity index is 1.35. The number of carbonyl (C=O) groups is 1. The van der Waals surface area contributed by atoms with Gasteiger partial charge in [-0.05, 0) is 48.6 Å². The van der Waals surface area contributed by atoms with E-state index in [4.69, 9.17) is 9.72 Å². The van der Waals surface area contributed by atoms with Crippen LogP contribution in [0, 0.1) is 35.5 Å². The van der Waals surface area contributed by atoms with E-state index < -0.39 is 0 Å². The van der Waals surface area contributed by atoms with Crippen molar-refractivity contribution in [2.75, 3.05) is 31.1 Å². The molecule has 2 aromatic heterocycles. The number of amides is 1. The minimum atomic E-state index is -0.340. The van der Waals surface area contributed by atoms with Crippen LogP contribution in [0.4, 0.5) is 10.6 Å². The summed E-state index contributed by atoms with van der Waals surface area (Å²) in [5.41, 5.74) is 5.96. The number of carbonyl (C=O) groups excluding carboxylic acids is 1. The van der Waals surface area contributed by atoms with Crippen LogP contribution in [0.5, 0.6) is 0 Å². The number of imidazole rings is 1. The minimum Gasteiger partial charge on any atom is -0.445 e. The van der Waals surface area contributed by atoms with Crippen LogP contribution < -0.4 is 4.90 Å². The molecule has 6 rings (SSSR count). The summed E-state index contributed by atoms with van der Waals surface area (Å²) in [6.45, 7) is 4.85. The number of likely N-dealkylation sites (tertiary alicyclic amines) is 1. The highest BCUT2D eigenvalue weighted by atomic mass is 16.6. The molecular formula is C30H28N6O2. The van der Waals surface area contributed by atoms with E-state index in [-0.39, 0.29) is 24.5 Å². The molecule has 38 heavy (non-hydrogen) atoms. The number of nitriles is 2. The monoisotopic (exact) mass is 504 g/mol. The van der Waals surface area contributed by atoms with Gasteiger partial charge in [0.1, 0.15) is 18.5 Å². The standard InChI is InChI=1S/C30H28N6O2/c1-20-27(23-17-35(18-23)30(37)38-19-22-7-3-2-4-8-22)24(16-32)28-33-25-9-5-6-10-26(25)36(28)29(20)34-13-11-21(15-31)12-14-34/h2-10,21,23H,11-14,17-19H2,1H3. The van der Waals surface area contributed by atoms with Gasteiger partial charge >= 0.3 is 6.09 Å².